The maximum Gasteiger partial charge on any atom is 0.342 e. The highest BCUT2D eigenvalue weighted by atomic mass is 35.5. The number of benzene rings is 2. The van der Waals surface area contributed by atoms with Gasteiger partial charge in [0.2, 0.25) is 0 Å². The van der Waals surface area contributed by atoms with E-state index in [2.05, 4.69) is 6.58 Å². The molecule has 30 heavy (non-hydrogen) atoms. The summed E-state index contributed by atoms with van der Waals surface area (Å²) in [6, 6.07) is 12.9. The van der Waals surface area contributed by atoms with Crippen molar-refractivity contribution >= 4 is 35.0 Å². The smallest absolute Gasteiger partial charge is 0.342 e. The van der Waals surface area contributed by atoms with E-state index in [4.69, 9.17) is 27.9 Å². The van der Waals surface area contributed by atoms with Crippen LogP contribution in [0.5, 0.6) is 11.5 Å². The summed E-state index contributed by atoms with van der Waals surface area (Å²) in [7, 11) is 0. The lowest BCUT2D eigenvalue weighted by atomic mass is 9.98. The van der Waals surface area contributed by atoms with E-state index < -0.39 is 17.5 Å². The number of Topliss-reactive ketones (excluding diaryl/α,β-unsaturated/α-hetero) is 1. The molecular formula is C23H26Cl2O5. The van der Waals surface area contributed by atoms with Crippen LogP contribution in [-0.2, 0) is 16.0 Å². The van der Waals surface area contributed by atoms with Crippen LogP contribution in [0, 0.1) is 0 Å². The second kappa shape index (κ2) is 13.7. The van der Waals surface area contributed by atoms with E-state index in [1.54, 1.807) is 6.08 Å². The van der Waals surface area contributed by atoms with Crippen LogP contribution in [0.15, 0.2) is 55.1 Å². The molecule has 0 saturated carbocycles. The molecule has 2 N–H and O–H groups in total. The third kappa shape index (κ3) is 8.47. The van der Waals surface area contributed by atoms with E-state index >= 15 is 0 Å². The third-order valence-electron chi connectivity index (χ3n) is 4.01. The van der Waals surface area contributed by atoms with E-state index in [-0.39, 0.29) is 46.8 Å². The number of rotatable bonds is 9. The second-order valence-corrected chi connectivity index (χ2v) is 7.37. The minimum Gasteiger partial charge on any atom is -0.507 e. The molecule has 0 aliphatic heterocycles. The van der Waals surface area contributed by atoms with Gasteiger partial charge in [-0.2, -0.15) is 0 Å². The van der Waals surface area contributed by atoms with Crippen LogP contribution < -0.4 is 0 Å². The first-order valence-corrected chi connectivity index (χ1v) is 10.3. The fraction of sp³-hybridized carbons (Fsp3) is 0.304. The van der Waals surface area contributed by atoms with E-state index in [0.29, 0.717) is 12.8 Å². The lowest BCUT2D eigenvalue weighted by Crippen LogP contribution is -2.15. The summed E-state index contributed by atoms with van der Waals surface area (Å²) in [4.78, 5) is 24.3. The monoisotopic (exact) mass is 452 g/mol. The van der Waals surface area contributed by atoms with Crippen LogP contribution in [-0.4, -0.2) is 33.9 Å². The van der Waals surface area contributed by atoms with Gasteiger partial charge in [0, 0.05) is 29.8 Å². The Labute approximate surface area is 186 Å². The Hall–Kier alpha value is -2.50. The number of ether oxygens (including phenoxy) is 1. The number of aromatic hydroxyl groups is 2. The van der Waals surface area contributed by atoms with Crippen molar-refractivity contribution in [2.45, 2.75) is 38.0 Å². The zero-order valence-electron chi connectivity index (χ0n) is 16.8. The molecule has 0 aliphatic carbocycles. The zero-order chi connectivity index (χ0) is 22.5. The Bertz CT molecular complexity index is 811. The standard InChI is InChI=1S/C17H20Cl2O5.C6H6/c1-3-5-6-24-17(23)15-12(8-11(20)7-10(18)4-2)16(19)14(22)9-13(15)21;1-2-4-6-5-3-1/h3,9-10,21-22H,1,4-8H2,2H3;1-6H. The van der Waals surface area contributed by atoms with E-state index in [0.717, 1.165) is 6.07 Å². The molecule has 0 spiro atoms. The Morgan fingerprint density at radius 2 is 1.70 bits per heavy atom. The molecule has 0 aromatic heterocycles. The molecule has 0 amide bonds. The molecule has 0 aliphatic rings. The fourth-order valence-corrected chi connectivity index (χ4v) is 2.82. The van der Waals surface area contributed by atoms with Crippen LogP contribution in [0.2, 0.25) is 5.02 Å². The molecule has 2 aromatic rings. The predicted octanol–water partition coefficient (Wildman–Crippen LogP) is 5.69. The van der Waals surface area contributed by atoms with Crippen molar-refractivity contribution in [3.8, 4) is 11.5 Å². The van der Waals surface area contributed by atoms with Crippen molar-refractivity contribution in [2.24, 2.45) is 0 Å². The van der Waals surface area contributed by atoms with Crippen molar-refractivity contribution in [1.82, 2.24) is 0 Å². The molecule has 2 rings (SSSR count). The van der Waals surface area contributed by atoms with Crippen molar-refractivity contribution in [3.05, 3.63) is 71.3 Å². The molecule has 0 saturated heterocycles. The van der Waals surface area contributed by atoms with Gasteiger partial charge in [0.25, 0.3) is 0 Å². The Balaban J connectivity index is 0.000000637. The normalized spacial score (nSPS) is 11.0. The minimum absolute atomic E-state index is 0.0303. The van der Waals surface area contributed by atoms with Gasteiger partial charge in [-0.25, -0.2) is 4.79 Å². The van der Waals surface area contributed by atoms with Crippen LogP contribution >= 0.6 is 23.2 Å². The minimum atomic E-state index is -0.822. The molecule has 1 unspecified atom stereocenters. The molecule has 2 aromatic carbocycles. The molecule has 0 fully saturated rings. The maximum absolute atomic E-state index is 12.2. The van der Waals surface area contributed by atoms with Gasteiger partial charge in [0.15, 0.2) is 0 Å². The molecule has 5 nitrogen and oxygen atoms in total. The summed E-state index contributed by atoms with van der Waals surface area (Å²) in [6.45, 7) is 5.44. The summed E-state index contributed by atoms with van der Waals surface area (Å²) in [5, 5.41) is 19.2. The maximum atomic E-state index is 12.2. The summed E-state index contributed by atoms with van der Waals surface area (Å²) >= 11 is 12.0. The van der Waals surface area contributed by atoms with Gasteiger partial charge in [-0.05, 0) is 12.8 Å². The molecule has 0 bridgehead atoms. The number of halogens is 2. The van der Waals surface area contributed by atoms with E-state index in [1.165, 1.54) is 0 Å². The quantitative estimate of drug-likeness (QED) is 0.221. The lowest BCUT2D eigenvalue weighted by molar-refractivity contribution is -0.118. The van der Waals surface area contributed by atoms with Gasteiger partial charge in [0.1, 0.15) is 22.8 Å². The van der Waals surface area contributed by atoms with E-state index in [1.807, 2.05) is 43.3 Å². The zero-order valence-corrected chi connectivity index (χ0v) is 18.3. The number of alkyl halides is 1. The molecule has 1 atom stereocenters. The summed E-state index contributed by atoms with van der Waals surface area (Å²) in [5.41, 5.74) is -0.194. The molecule has 7 heteroatoms. The topological polar surface area (TPSA) is 83.8 Å². The van der Waals surface area contributed by atoms with Crippen molar-refractivity contribution in [2.75, 3.05) is 6.61 Å². The largest absolute Gasteiger partial charge is 0.507 e. The summed E-state index contributed by atoms with van der Waals surface area (Å²) in [5.74, 6) is -2.00. The SMILES string of the molecule is C=CCCOC(=O)c1c(O)cc(O)c(Cl)c1CC(=O)CC(Cl)CC.c1ccccc1. The van der Waals surface area contributed by atoms with Crippen LogP contribution in [0.4, 0.5) is 0 Å². The number of carbonyl (C=O) groups excluding carboxylic acids is 2. The predicted molar refractivity (Wildman–Crippen MR) is 120 cm³/mol. The van der Waals surface area contributed by atoms with Gasteiger partial charge in [-0.15, -0.1) is 18.2 Å². The fourth-order valence-electron chi connectivity index (χ4n) is 2.43. The number of ketones is 1. The van der Waals surface area contributed by atoms with E-state index in [9.17, 15) is 19.8 Å². The van der Waals surface area contributed by atoms with Gasteiger partial charge >= 0.3 is 5.97 Å². The van der Waals surface area contributed by atoms with Crippen molar-refractivity contribution in [1.29, 1.82) is 0 Å². The molecule has 162 valence electrons. The number of carbonyl (C=O) groups is 2. The highest BCUT2D eigenvalue weighted by Gasteiger charge is 2.25. The van der Waals surface area contributed by atoms with Gasteiger partial charge in [0.05, 0.1) is 11.6 Å². The van der Waals surface area contributed by atoms with Gasteiger partial charge < -0.3 is 14.9 Å². The number of phenolic OH excluding ortho intramolecular Hbond substituents is 2. The first-order valence-electron chi connectivity index (χ1n) is 9.48. The first-order chi connectivity index (χ1) is 14.3. The van der Waals surface area contributed by atoms with Gasteiger partial charge in [-0.1, -0.05) is 61.0 Å². The Morgan fingerprint density at radius 1 is 1.13 bits per heavy atom. The number of phenols is 2. The highest BCUT2D eigenvalue weighted by molar-refractivity contribution is 6.33. The average Bonchev–Trinajstić information content (AvgIpc) is 2.73. The average molecular weight is 453 g/mol. The first kappa shape index (κ1) is 25.5. The molecule has 0 radical (unpaired) electrons. The lowest BCUT2D eigenvalue weighted by Gasteiger charge is -2.14. The van der Waals surface area contributed by atoms with Crippen LogP contribution in [0.25, 0.3) is 0 Å². The highest BCUT2D eigenvalue weighted by Crippen LogP contribution is 2.37. The number of esters is 1. The third-order valence-corrected chi connectivity index (χ3v) is 4.90. The number of hydrogen-bond donors (Lipinski definition) is 2. The number of hydrogen-bond acceptors (Lipinski definition) is 5. The van der Waals surface area contributed by atoms with Gasteiger partial charge in [-0.3, -0.25) is 4.79 Å². The van der Waals surface area contributed by atoms with Crippen LogP contribution in [0.1, 0.15) is 42.1 Å². The summed E-state index contributed by atoms with van der Waals surface area (Å²) in [6.07, 6.45) is 2.48. The Kier molecular flexibility index (Phi) is 11.6. The van der Waals surface area contributed by atoms with Crippen LogP contribution in [0.3, 0.4) is 0 Å². The second-order valence-electron chi connectivity index (χ2n) is 6.38. The van der Waals surface area contributed by atoms with Crippen molar-refractivity contribution in [3.63, 3.8) is 0 Å². The molecular weight excluding hydrogens is 427 g/mol. The summed E-state index contributed by atoms with van der Waals surface area (Å²) < 4.78 is 5.02. The Morgan fingerprint density at radius 3 is 2.20 bits per heavy atom. The molecule has 0 heterocycles. The van der Waals surface area contributed by atoms with Crippen molar-refractivity contribution < 1.29 is 24.5 Å².